The number of aromatic nitrogens is 2. The van der Waals surface area contributed by atoms with Gasteiger partial charge in [-0.2, -0.15) is 0 Å². The number of imidazole rings is 1. The number of carbonyl (C=O) groups is 1. The third-order valence-corrected chi connectivity index (χ3v) is 4.97. The van der Waals surface area contributed by atoms with Gasteiger partial charge in [-0.15, -0.1) is 17.0 Å². The van der Waals surface area contributed by atoms with E-state index in [-0.39, 0.29) is 22.8 Å². The number of carbonyl (C=O) groups excluding carboxylic acids is 1. The Bertz CT molecular complexity index is 1070. The fourth-order valence-electron chi connectivity index (χ4n) is 2.84. The zero-order chi connectivity index (χ0) is 17.2. The number of methoxy groups -OCH3 is 1. The van der Waals surface area contributed by atoms with E-state index < -0.39 is 0 Å². The van der Waals surface area contributed by atoms with Crippen LogP contribution in [0.5, 0.6) is 5.75 Å². The minimum Gasteiger partial charge on any atom is -0.497 e. The predicted molar refractivity (Wildman–Crippen MR) is 112 cm³/mol. The van der Waals surface area contributed by atoms with E-state index in [9.17, 15) is 4.79 Å². The Morgan fingerprint density at radius 1 is 1.12 bits per heavy atom. The molecular weight excluding hydrogens is 412 g/mol. The number of thioether (sulfide) groups is 1. The van der Waals surface area contributed by atoms with Crippen molar-refractivity contribution in [2.24, 2.45) is 0 Å². The maximum atomic E-state index is 12.7. The monoisotopic (exact) mass is 428 g/mol. The Hall–Kier alpha value is -2.31. The van der Waals surface area contributed by atoms with E-state index in [0.29, 0.717) is 5.75 Å². The zero-order valence-electron chi connectivity index (χ0n) is 14.1. The van der Waals surface area contributed by atoms with Crippen LogP contribution in [0.25, 0.3) is 21.8 Å². The van der Waals surface area contributed by atoms with Crippen molar-refractivity contribution in [2.45, 2.75) is 5.16 Å². The smallest absolute Gasteiger partial charge is 0.173 e. The SMILES string of the molecule is Br.COc1ccc2nc(SCC(=O)c3cccc4ccccc34)[nH]c2c1. The first-order valence-electron chi connectivity index (χ1n) is 7.92. The molecule has 0 aliphatic carbocycles. The molecule has 1 N–H and O–H groups in total. The third-order valence-electron chi connectivity index (χ3n) is 4.10. The van der Waals surface area contributed by atoms with Crippen LogP contribution in [0.15, 0.2) is 65.8 Å². The Labute approximate surface area is 165 Å². The summed E-state index contributed by atoms with van der Waals surface area (Å²) in [5, 5.41) is 2.80. The fourth-order valence-corrected chi connectivity index (χ4v) is 3.61. The standard InChI is InChI=1S/C20H16N2O2S.BrH/c1-24-14-9-10-17-18(11-14)22-20(21-17)25-12-19(23)16-8-4-6-13-5-2-3-7-15(13)16;/h2-11H,12H2,1H3,(H,21,22);1H. The van der Waals surface area contributed by atoms with Gasteiger partial charge >= 0.3 is 0 Å². The first-order valence-corrected chi connectivity index (χ1v) is 8.91. The molecule has 132 valence electrons. The Balaban J connectivity index is 0.00000196. The lowest BCUT2D eigenvalue weighted by Crippen LogP contribution is -2.03. The second-order valence-electron chi connectivity index (χ2n) is 5.66. The van der Waals surface area contributed by atoms with Gasteiger partial charge in [-0.25, -0.2) is 4.98 Å². The van der Waals surface area contributed by atoms with Crippen molar-refractivity contribution >= 4 is 56.3 Å². The average Bonchev–Trinajstić information content (AvgIpc) is 3.07. The lowest BCUT2D eigenvalue weighted by Gasteiger charge is -2.04. The second kappa shape index (κ2) is 7.93. The van der Waals surface area contributed by atoms with Gasteiger partial charge in [0, 0.05) is 11.6 Å². The molecule has 0 aliphatic heterocycles. The predicted octanol–water partition coefficient (Wildman–Crippen LogP) is 5.28. The number of hydrogen-bond acceptors (Lipinski definition) is 4. The molecule has 0 unspecified atom stereocenters. The van der Waals surface area contributed by atoms with E-state index in [1.165, 1.54) is 11.8 Å². The van der Waals surface area contributed by atoms with Gasteiger partial charge in [0.15, 0.2) is 10.9 Å². The maximum absolute atomic E-state index is 12.7. The third kappa shape index (κ3) is 3.61. The van der Waals surface area contributed by atoms with Crippen LogP contribution in [0.3, 0.4) is 0 Å². The lowest BCUT2D eigenvalue weighted by molar-refractivity contribution is 0.102. The Kier molecular flexibility index (Phi) is 5.64. The van der Waals surface area contributed by atoms with Crippen molar-refractivity contribution in [3.8, 4) is 5.75 Å². The molecule has 1 aromatic heterocycles. The van der Waals surface area contributed by atoms with Gasteiger partial charge in [0.25, 0.3) is 0 Å². The fraction of sp³-hybridized carbons (Fsp3) is 0.100. The number of Topliss-reactive ketones (excluding diaryl/α,β-unsaturated/α-hetero) is 1. The number of hydrogen-bond donors (Lipinski definition) is 1. The molecule has 1 heterocycles. The van der Waals surface area contributed by atoms with Gasteiger partial charge < -0.3 is 9.72 Å². The number of ether oxygens (including phenoxy) is 1. The highest BCUT2D eigenvalue weighted by Gasteiger charge is 2.12. The van der Waals surface area contributed by atoms with Gasteiger partial charge in [-0.05, 0) is 22.9 Å². The molecule has 0 fully saturated rings. The first-order chi connectivity index (χ1) is 12.2. The summed E-state index contributed by atoms with van der Waals surface area (Å²) in [6.45, 7) is 0. The van der Waals surface area contributed by atoms with Crippen molar-refractivity contribution in [3.63, 3.8) is 0 Å². The lowest BCUT2D eigenvalue weighted by atomic mass is 10.0. The van der Waals surface area contributed by atoms with Crippen molar-refractivity contribution in [1.82, 2.24) is 9.97 Å². The maximum Gasteiger partial charge on any atom is 0.173 e. The highest BCUT2D eigenvalue weighted by Crippen LogP contribution is 2.25. The number of rotatable bonds is 5. The number of ketones is 1. The zero-order valence-corrected chi connectivity index (χ0v) is 16.6. The highest BCUT2D eigenvalue weighted by molar-refractivity contribution is 8.93. The van der Waals surface area contributed by atoms with Crippen LogP contribution in [-0.2, 0) is 0 Å². The molecule has 4 nitrogen and oxygen atoms in total. The number of benzene rings is 3. The van der Waals surface area contributed by atoms with Gasteiger partial charge in [0.1, 0.15) is 5.75 Å². The summed E-state index contributed by atoms with van der Waals surface area (Å²) in [6, 6.07) is 19.5. The first kappa shape index (κ1) is 18.5. The molecule has 0 spiro atoms. The number of fused-ring (bicyclic) bond motifs is 2. The number of nitrogens with one attached hydrogen (secondary N) is 1. The van der Waals surface area contributed by atoms with Crippen LogP contribution in [0.1, 0.15) is 10.4 Å². The van der Waals surface area contributed by atoms with Crippen LogP contribution in [0, 0.1) is 0 Å². The summed E-state index contributed by atoms with van der Waals surface area (Å²) in [7, 11) is 1.63. The number of nitrogens with zero attached hydrogens (tertiary/aromatic N) is 1. The Morgan fingerprint density at radius 3 is 2.77 bits per heavy atom. The van der Waals surface area contributed by atoms with Crippen LogP contribution in [0.4, 0.5) is 0 Å². The van der Waals surface area contributed by atoms with Crippen LogP contribution >= 0.6 is 28.7 Å². The van der Waals surface area contributed by atoms with Gasteiger partial charge in [0.2, 0.25) is 0 Å². The van der Waals surface area contributed by atoms with Crippen LogP contribution in [-0.4, -0.2) is 28.6 Å². The van der Waals surface area contributed by atoms with Crippen molar-refractivity contribution in [1.29, 1.82) is 0 Å². The van der Waals surface area contributed by atoms with E-state index in [0.717, 1.165) is 38.3 Å². The normalized spacial score (nSPS) is 10.7. The molecule has 4 aromatic rings. The topological polar surface area (TPSA) is 55.0 Å². The van der Waals surface area contributed by atoms with Crippen molar-refractivity contribution < 1.29 is 9.53 Å². The molecule has 4 rings (SSSR count). The summed E-state index contributed by atoms with van der Waals surface area (Å²) in [5.74, 6) is 1.21. The quantitative estimate of drug-likeness (QED) is 0.347. The van der Waals surface area contributed by atoms with E-state index in [1.807, 2.05) is 60.7 Å². The van der Waals surface area contributed by atoms with E-state index in [2.05, 4.69) is 9.97 Å². The molecule has 0 radical (unpaired) electrons. The number of aromatic amines is 1. The molecule has 0 saturated heterocycles. The van der Waals surface area contributed by atoms with E-state index in [4.69, 9.17) is 4.74 Å². The molecule has 0 atom stereocenters. The van der Waals surface area contributed by atoms with Crippen LogP contribution in [0.2, 0.25) is 0 Å². The summed E-state index contributed by atoms with van der Waals surface area (Å²) in [4.78, 5) is 20.4. The molecule has 6 heteroatoms. The molecule has 0 saturated carbocycles. The average molecular weight is 429 g/mol. The van der Waals surface area contributed by atoms with E-state index >= 15 is 0 Å². The highest BCUT2D eigenvalue weighted by atomic mass is 79.9. The molecule has 3 aromatic carbocycles. The van der Waals surface area contributed by atoms with Crippen LogP contribution < -0.4 is 4.74 Å². The van der Waals surface area contributed by atoms with Gasteiger partial charge in [-0.1, -0.05) is 54.2 Å². The van der Waals surface area contributed by atoms with E-state index in [1.54, 1.807) is 7.11 Å². The van der Waals surface area contributed by atoms with Gasteiger partial charge in [-0.3, -0.25) is 4.79 Å². The summed E-state index contributed by atoms with van der Waals surface area (Å²) in [5.41, 5.74) is 2.52. The minimum atomic E-state index is 0. The largest absolute Gasteiger partial charge is 0.497 e. The number of halogens is 1. The van der Waals surface area contributed by atoms with Crippen molar-refractivity contribution in [3.05, 3.63) is 66.2 Å². The summed E-state index contributed by atoms with van der Waals surface area (Å²) < 4.78 is 5.22. The summed E-state index contributed by atoms with van der Waals surface area (Å²) >= 11 is 1.41. The molecule has 26 heavy (non-hydrogen) atoms. The molecule has 0 aliphatic rings. The molecular formula is C20H17BrN2O2S. The van der Waals surface area contributed by atoms with Crippen molar-refractivity contribution in [2.75, 3.05) is 12.9 Å². The molecule has 0 amide bonds. The minimum absolute atomic E-state index is 0. The number of H-pyrrole nitrogens is 1. The summed E-state index contributed by atoms with van der Waals surface area (Å²) in [6.07, 6.45) is 0. The second-order valence-corrected chi connectivity index (χ2v) is 6.63. The van der Waals surface area contributed by atoms with Gasteiger partial charge in [0.05, 0.1) is 23.9 Å². The molecule has 0 bridgehead atoms. The Morgan fingerprint density at radius 2 is 1.92 bits per heavy atom.